The molecule has 2 heterocycles. The number of ketones is 1. The number of anilines is 1. The third-order valence-corrected chi connectivity index (χ3v) is 5.86. The van der Waals surface area contributed by atoms with E-state index >= 15 is 0 Å². The second-order valence-electron chi connectivity index (χ2n) is 8.10. The number of hydrogen-bond donors (Lipinski definition) is 1. The summed E-state index contributed by atoms with van der Waals surface area (Å²) in [5.74, 6) is -2.24. The Balaban J connectivity index is 1.44. The highest BCUT2D eigenvalue weighted by atomic mass is 19.2. The summed E-state index contributed by atoms with van der Waals surface area (Å²) in [5, 5.41) is 2.81. The number of halogens is 2. The quantitative estimate of drug-likeness (QED) is 0.552. The minimum Gasteiger partial charge on any atom is -0.326 e. The Morgan fingerprint density at radius 3 is 2.67 bits per heavy atom. The summed E-state index contributed by atoms with van der Waals surface area (Å²) in [5.41, 5.74) is 3.27. The highest BCUT2D eigenvalue weighted by Gasteiger charge is 2.21. The Kier molecular flexibility index (Phi) is 6.09. The molecule has 0 unspecified atom stereocenters. The fraction of sp³-hybridized carbons (Fsp3) is 0.240. The van der Waals surface area contributed by atoms with Gasteiger partial charge in [0, 0.05) is 24.8 Å². The topological polar surface area (TPSA) is 73.1 Å². The SMILES string of the molecule is Cc1c(C(=O)CC/C=C/c2ccc3c(c2)NC(=O)C3)c(=O)n(Cc2ccc(F)c(F)c2)n1C. The van der Waals surface area contributed by atoms with Crippen LogP contribution in [0.25, 0.3) is 6.08 Å². The minimum atomic E-state index is -0.986. The third kappa shape index (κ3) is 4.55. The number of nitrogens with zero attached hydrogens (tertiary/aromatic N) is 2. The molecule has 4 rings (SSSR count). The summed E-state index contributed by atoms with van der Waals surface area (Å²) in [4.78, 5) is 37.2. The molecule has 0 radical (unpaired) electrons. The van der Waals surface area contributed by atoms with Gasteiger partial charge in [-0.1, -0.05) is 30.4 Å². The van der Waals surface area contributed by atoms with Crippen molar-refractivity contribution in [2.45, 2.75) is 32.7 Å². The molecule has 0 spiro atoms. The standard InChI is InChI=1S/C25H23F2N3O3/c1-15-24(25(33)30(29(15)2)14-17-8-10-19(26)20(27)11-17)22(31)6-4-3-5-16-7-9-18-13-23(32)28-21(18)12-16/h3,5,7-12H,4,6,13-14H2,1-2H3,(H,28,32)/b5-3+. The molecule has 1 N–H and O–H groups in total. The lowest BCUT2D eigenvalue weighted by Crippen LogP contribution is -2.25. The number of hydrogen-bond acceptors (Lipinski definition) is 3. The zero-order valence-corrected chi connectivity index (χ0v) is 18.3. The molecule has 8 heteroatoms. The summed E-state index contributed by atoms with van der Waals surface area (Å²) in [6.45, 7) is 1.71. The lowest BCUT2D eigenvalue weighted by molar-refractivity contribution is -0.115. The van der Waals surface area contributed by atoms with Crippen LogP contribution in [-0.4, -0.2) is 21.1 Å². The van der Waals surface area contributed by atoms with E-state index in [9.17, 15) is 23.2 Å². The molecular weight excluding hydrogens is 428 g/mol. The molecule has 6 nitrogen and oxygen atoms in total. The highest BCUT2D eigenvalue weighted by Crippen LogP contribution is 2.24. The van der Waals surface area contributed by atoms with Gasteiger partial charge < -0.3 is 5.32 Å². The van der Waals surface area contributed by atoms with Crippen LogP contribution in [0.4, 0.5) is 14.5 Å². The number of aromatic nitrogens is 2. The van der Waals surface area contributed by atoms with E-state index in [0.717, 1.165) is 28.9 Å². The average Bonchev–Trinajstić information content (AvgIpc) is 3.24. The van der Waals surface area contributed by atoms with Crippen LogP contribution < -0.4 is 10.9 Å². The summed E-state index contributed by atoms with van der Waals surface area (Å²) in [6, 6.07) is 9.16. The summed E-state index contributed by atoms with van der Waals surface area (Å²) in [6.07, 6.45) is 4.71. The van der Waals surface area contributed by atoms with E-state index < -0.39 is 17.2 Å². The van der Waals surface area contributed by atoms with Gasteiger partial charge in [0.05, 0.1) is 13.0 Å². The first-order valence-electron chi connectivity index (χ1n) is 10.6. The normalized spacial score (nSPS) is 12.9. The van der Waals surface area contributed by atoms with Crippen molar-refractivity contribution in [2.24, 2.45) is 7.05 Å². The maximum absolute atomic E-state index is 13.5. The van der Waals surface area contributed by atoms with Crippen molar-refractivity contribution in [3.63, 3.8) is 0 Å². The molecule has 0 aliphatic carbocycles. The second kappa shape index (κ2) is 8.97. The fourth-order valence-electron chi connectivity index (χ4n) is 3.97. The summed E-state index contributed by atoms with van der Waals surface area (Å²) in [7, 11) is 1.65. The Morgan fingerprint density at radius 2 is 1.91 bits per heavy atom. The van der Waals surface area contributed by atoms with Crippen LogP contribution in [0.1, 0.15) is 45.6 Å². The van der Waals surface area contributed by atoms with Crippen LogP contribution in [0.2, 0.25) is 0 Å². The molecule has 1 aliphatic rings. The van der Waals surface area contributed by atoms with Crippen LogP contribution in [-0.2, 0) is 24.8 Å². The largest absolute Gasteiger partial charge is 0.326 e. The van der Waals surface area contributed by atoms with Gasteiger partial charge in [-0.25, -0.2) is 13.5 Å². The smallest absolute Gasteiger partial charge is 0.278 e. The summed E-state index contributed by atoms with van der Waals surface area (Å²) < 4.78 is 29.6. The van der Waals surface area contributed by atoms with Crippen molar-refractivity contribution in [3.05, 3.63) is 92.4 Å². The van der Waals surface area contributed by atoms with Crippen molar-refractivity contribution < 1.29 is 18.4 Å². The molecule has 170 valence electrons. The number of Topliss-reactive ketones (excluding diaryl/α,β-unsaturated/α-hetero) is 1. The van der Waals surface area contributed by atoms with E-state index in [4.69, 9.17) is 0 Å². The summed E-state index contributed by atoms with van der Waals surface area (Å²) >= 11 is 0. The second-order valence-corrected chi connectivity index (χ2v) is 8.10. The maximum atomic E-state index is 13.5. The molecule has 0 fully saturated rings. The Bertz CT molecular complexity index is 1350. The van der Waals surface area contributed by atoms with Crippen molar-refractivity contribution in [3.8, 4) is 0 Å². The molecule has 1 amide bonds. The van der Waals surface area contributed by atoms with Crippen molar-refractivity contribution in [1.29, 1.82) is 0 Å². The van der Waals surface area contributed by atoms with E-state index in [2.05, 4.69) is 5.32 Å². The van der Waals surface area contributed by atoms with Crippen molar-refractivity contribution >= 4 is 23.5 Å². The van der Waals surface area contributed by atoms with E-state index in [1.54, 1.807) is 18.7 Å². The van der Waals surface area contributed by atoms with Gasteiger partial charge in [0.15, 0.2) is 17.4 Å². The first kappa shape index (κ1) is 22.4. The first-order chi connectivity index (χ1) is 15.7. The van der Waals surface area contributed by atoms with Gasteiger partial charge in [-0.05, 0) is 48.2 Å². The molecule has 1 aromatic heterocycles. The van der Waals surface area contributed by atoms with Gasteiger partial charge in [-0.3, -0.25) is 19.1 Å². The van der Waals surface area contributed by atoms with Crippen LogP contribution in [0.3, 0.4) is 0 Å². The highest BCUT2D eigenvalue weighted by molar-refractivity contribution is 5.99. The zero-order valence-electron chi connectivity index (χ0n) is 18.3. The van der Waals surface area contributed by atoms with E-state index in [1.807, 2.05) is 30.4 Å². The Labute approximate surface area is 189 Å². The number of allylic oxidation sites excluding steroid dienone is 1. The molecule has 3 aromatic rings. The van der Waals surface area contributed by atoms with Crippen molar-refractivity contribution in [1.82, 2.24) is 9.36 Å². The predicted molar refractivity (Wildman–Crippen MR) is 121 cm³/mol. The van der Waals surface area contributed by atoms with E-state index in [-0.39, 0.29) is 30.2 Å². The van der Waals surface area contributed by atoms with Gasteiger partial charge in [0.2, 0.25) is 5.91 Å². The number of nitrogens with one attached hydrogen (secondary N) is 1. The van der Waals surface area contributed by atoms with Crippen LogP contribution >= 0.6 is 0 Å². The Morgan fingerprint density at radius 1 is 1.12 bits per heavy atom. The predicted octanol–water partition coefficient (Wildman–Crippen LogP) is 3.99. The average molecular weight is 451 g/mol. The number of carbonyl (C=O) groups excluding carboxylic acids is 2. The molecule has 0 saturated heterocycles. The van der Waals surface area contributed by atoms with Crippen LogP contribution in [0, 0.1) is 18.6 Å². The van der Waals surface area contributed by atoms with E-state index in [0.29, 0.717) is 24.1 Å². The lowest BCUT2D eigenvalue weighted by Gasteiger charge is -2.08. The number of benzene rings is 2. The number of carbonyl (C=O) groups is 2. The molecular formula is C25H23F2N3O3. The van der Waals surface area contributed by atoms with Crippen LogP contribution in [0.5, 0.6) is 0 Å². The molecule has 33 heavy (non-hydrogen) atoms. The Hall–Kier alpha value is -3.81. The number of amides is 1. The van der Waals surface area contributed by atoms with Gasteiger partial charge in [-0.2, -0.15) is 0 Å². The molecule has 0 atom stereocenters. The third-order valence-electron chi connectivity index (χ3n) is 5.86. The van der Waals surface area contributed by atoms with Gasteiger partial charge in [0.1, 0.15) is 5.56 Å². The maximum Gasteiger partial charge on any atom is 0.278 e. The van der Waals surface area contributed by atoms with Gasteiger partial charge in [-0.15, -0.1) is 0 Å². The van der Waals surface area contributed by atoms with Crippen LogP contribution in [0.15, 0.2) is 47.3 Å². The van der Waals surface area contributed by atoms with Gasteiger partial charge in [0.25, 0.3) is 5.56 Å². The monoisotopic (exact) mass is 451 g/mol. The fourth-order valence-corrected chi connectivity index (χ4v) is 3.97. The first-order valence-corrected chi connectivity index (χ1v) is 10.6. The van der Waals surface area contributed by atoms with Crippen molar-refractivity contribution in [2.75, 3.05) is 5.32 Å². The molecule has 2 aromatic carbocycles. The number of fused-ring (bicyclic) bond motifs is 1. The molecule has 0 bridgehead atoms. The van der Waals surface area contributed by atoms with E-state index in [1.165, 1.54) is 10.7 Å². The molecule has 1 aliphatic heterocycles. The lowest BCUT2D eigenvalue weighted by atomic mass is 10.1. The van der Waals surface area contributed by atoms with Gasteiger partial charge >= 0.3 is 0 Å². The zero-order chi connectivity index (χ0) is 23.7. The molecule has 0 saturated carbocycles. The number of rotatable bonds is 7. The minimum absolute atomic E-state index is 0.0230.